The molecule has 21 heavy (non-hydrogen) atoms. The fourth-order valence-electron chi connectivity index (χ4n) is 2.61. The fourth-order valence-corrected chi connectivity index (χ4v) is 2.61. The van der Waals surface area contributed by atoms with Crippen LogP contribution in [0.1, 0.15) is 64.1 Å². The smallest absolute Gasteiger partial charge is 0.227 e. The van der Waals surface area contributed by atoms with Crippen molar-refractivity contribution < 1.29 is 9.32 Å². The molecule has 0 aromatic carbocycles. The lowest BCUT2D eigenvalue weighted by molar-refractivity contribution is -0.131. The van der Waals surface area contributed by atoms with Gasteiger partial charge in [0.15, 0.2) is 5.82 Å². The molecule has 1 aromatic rings. The van der Waals surface area contributed by atoms with Gasteiger partial charge in [-0.15, -0.1) is 0 Å². The van der Waals surface area contributed by atoms with Gasteiger partial charge in [0.25, 0.3) is 0 Å². The second kappa shape index (κ2) is 7.02. The van der Waals surface area contributed by atoms with E-state index in [9.17, 15) is 4.79 Å². The number of hydrogen-bond acceptors (Lipinski definition) is 5. The van der Waals surface area contributed by atoms with Gasteiger partial charge in [0, 0.05) is 25.9 Å². The molecule has 1 aliphatic carbocycles. The number of carbonyl (C=O) groups excluding carboxylic acids is 1. The average Bonchev–Trinajstić information content (AvgIpc) is 2.91. The molecule has 2 rings (SSSR count). The molecule has 1 aliphatic rings. The molecule has 118 valence electrons. The molecule has 0 bridgehead atoms. The first-order valence-corrected chi connectivity index (χ1v) is 7.98. The van der Waals surface area contributed by atoms with Gasteiger partial charge in [-0.2, -0.15) is 4.98 Å². The number of rotatable bonds is 8. The maximum absolute atomic E-state index is 12.2. The third-order valence-electron chi connectivity index (χ3n) is 4.05. The molecule has 2 N–H and O–H groups in total. The molecule has 6 heteroatoms. The largest absolute Gasteiger partial charge is 0.343 e. The number of aromatic nitrogens is 2. The number of nitrogens with two attached hydrogens (primary N) is 1. The summed E-state index contributed by atoms with van der Waals surface area (Å²) in [5.41, 5.74) is 5.76. The Morgan fingerprint density at radius 1 is 1.33 bits per heavy atom. The first-order chi connectivity index (χ1) is 10.1. The zero-order valence-electron chi connectivity index (χ0n) is 13.1. The SMILES string of the molecule is CCCN(CCC)C(=O)CCc1nc(C2(N)CCC2)no1. The van der Waals surface area contributed by atoms with Gasteiger partial charge in [0.05, 0.1) is 5.54 Å². The number of carbonyl (C=O) groups is 1. The van der Waals surface area contributed by atoms with E-state index in [2.05, 4.69) is 24.0 Å². The Morgan fingerprint density at radius 2 is 2.00 bits per heavy atom. The van der Waals surface area contributed by atoms with Gasteiger partial charge in [-0.3, -0.25) is 4.79 Å². The molecule has 1 saturated carbocycles. The summed E-state index contributed by atoms with van der Waals surface area (Å²) in [5, 5.41) is 3.97. The van der Waals surface area contributed by atoms with Crippen LogP contribution in [0.25, 0.3) is 0 Å². The van der Waals surface area contributed by atoms with Crippen LogP contribution in [0.4, 0.5) is 0 Å². The fraction of sp³-hybridized carbons (Fsp3) is 0.800. The van der Waals surface area contributed by atoms with E-state index < -0.39 is 5.54 Å². The quantitative estimate of drug-likeness (QED) is 0.792. The van der Waals surface area contributed by atoms with Crippen molar-refractivity contribution in [2.75, 3.05) is 13.1 Å². The Morgan fingerprint density at radius 3 is 2.52 bits per heavy atom. The molecular weight excluding hydrogens is 268 g/mol. The van der Waals surface area contributed by atoms with Crippen LogP contribution in [-0.2, 0) is 16.8 Å². The van der Waals surface area contributed by atoms with Crippen molar-refractivity contribution in [3.8, 4) is 0 Å². The minimum Gasteiger partial charge on any atom is -0.343 e. The highest BCUT2D eigenvalue weighted by Gasteiger charge is 2.38. The standard InChI is InChI=1S/C15H26N4O2/c1-3-10-19(11-4-2)13(20)7-6-12-17-14(18-21-12)15(16)8-5-9-15/h3-11,16H2,1-2H3. The zero-order chi connectivity index (χ0) is 15.3. The van der Waals surface area contributed by atoms with Crippen LogP contribution in [0.2, 0.25) is 0 Å². The summed E-state index contributed by atoms with van der Waals surface area (Å²) in [7, 11) is 0. The highest BCUT2D eigenvalue weighted by Crippen LogP contribution is 2.36. The molecule has 0 saturated heterocycles. The van der Waals surface area contributed by atoms with Crippen LogP contribution in [0, 0.1) is 0 Å². The normalized spacial score (nSPS) is 16.5. The van der Waals surface area contributed by atoms with Crippen molar-refractivity contribution in [2.45, 2.75) is 64.3 Å². The predicted molar refractivity (Wildman–Crippen MR) is 79.5 cm³/mol. The Hall–Kier alpha value is -1.43. The summed E-state index contributed by atoms with van der Waals surface area (Å²) in [6, 6.07) is 0. The summed E-state index contributed by atoms with van der Waals surface area (Å²) in [5.74, 6) is 1.27. The maximum atomic E-state index is 12.2. The Balaban J connectivity index is 1.86. The highest BCUT2D eigenvalue weighted by atomic mass is 16.5. The average molecular weight is 294 g/mol. The van der Waals surface area contributed by atoms with Crippen LogP contribution in [0.5, 0.6) is 0 Å². The molecule has 0 atom stereocenters. The number of aryl methyl sites for hydroxylation is 1. The van der Waals surface area contributed by atoms with Crippen LogP contribution in [-0.4, -0.2) is 34.0 Å². The number of hydrogen-bond donors (Lipinski definition) is 1. The zero-order valence-corrected chi connectivity index (χ0v) is 13.1. The first-order valence-electron chi connectivity index (χ1n) is 7.98. The van der Waals surface area contributed by atoms with E-state index in [1.807, 2.05) is 4.90 Å². The third kappa shape index (κ3) is 3.81. The molecule has 0 unspecified atom stereocenters. The molecular formula is C15H26N4O2. The van der Waals surface area contributed by atoms with Crippen molar-refractivity contribution in [2.24, 2.45) is 5.73 Å². The van der Waals surface area contributed by atoms with Gasteiger partial charge < -0.3 is 15.2 Å². The molecule has 6 nitrogen and oxygen atoms in total. The Kier molecular flexibility index (Phi) is 5.33. The van der Waals surface area contributed by atoms with Gasteiger partial charge in [-0.05, 0) is 32.1 Å². The lowest BCUT2D eigenvalue weighted by atomic mass is 9.77. The lowest BCUT2D eigenvalue weighted by Gasteiger charge is -2.34. The third-order valence-corrected chi connectivity index (χ3v) is 4.05. The first kappa shape index (κ1) is 15.9. The van der Waals surface area contributed by atoms with Crippen LogP contribution in [0.3, 0.4) is 0 Å². The molecule has 0 aliphatic heterocycles. The van der Waals surface area contributed by atoms with E-state index >= 15 is 0 Å². The van der Waals surface area contributed by atoms with Gasteiger partial charge in [-0.1, -0.05) is 19.0 Å². The second-order valence-corrected chi connectivity index (χ2v) is 5.90. The van der Waals surface area contributed by atoms with E-state index in [0.29, 0.717) is 24.6 Å². The van der Waals surface area contributed by atoms with Crippen molar-refractivity contribution in [1.82, 2.24) is 15.0 Å². The molecule has 1 aromatic heterocycles. The van der Waals surface area contributed by atoms with Gasteiger partial charge >= 0.3 is 0 Å². The Labute approximate surface area is 126 Å². The van der Waals surface area contributed by atoms with Crippen LogP contribution in [0.15, 0.2) is 4.52 Å². The molecule has 0 spiro atoms. The second-order valence-electron chi connectivity index (χ2n) is 5.90. The van der Waals surface area contributed by atoms with Crippen LogP contribution >= 0.6 is 0 Å². The topological polar surface area (TPSA) is 85.2 Å². The van der Waals surface area contributed by atoms with Crippen molar-refractivity contribution >= 4 is 5.91 Å². The highest BCUT2D eigenvalue weighted by molar-refractivity contribution is 5.76. The monoisotopic (exact) mass is 294 g/mol. The molecule has 0 radical (unpaired) electrons. The van der Waals surface area contributed by atoms with Gasteiger partial charge in [-0.25, -0.2) is 0 Å². The summed E-state index contributed by atoms with van der Waals surface area (Å²) in [6.45, 7) is 5.79. The van der Waals surface area contributed by atoms with Gasteiger partial charge in [0.2, 0.25) is 11.8 Å². The Bertz CT molecular complexity index is 462. The van der Waals surface area contributed by atoms with Gasteiger partial charge in [0.1, 0.15) is 0 Å². The molecule has 1 amide bonds. The lowest BCUT2D eigenvalue weighted by Crippen LogP contribution is -2.44. The van der Waals surface area contributed by atoms with Crippen LogP contribution < -0.4 is 5.73 Å². The summed E-state index contributed by atoms with van der Waals surface area (Å²) in [4.78, 5) is 18.4. The summed E-state index contributed by atoms with van der Waals surface area (Å²) >= 11 is 0. The minimum atomic E-state index is -0.401. The van der Waals surface area contributed by atoms with E-state index in [1.54, 1.807) is 0 Å². The van der Waals surface area contributed by atoms with Crippen molar-refractivity contribution in [3.05, 3.63) is 11.7 Å². The number of amides is 1. The molecule has 1 fully saturated rings. The van der Waals surface area contributed by atoms with E-state index in [0.717, 1.165) is 45.2 Å². The molecule has 1 heterocycles. The number of nitrogens with zero attached hydrogens (tertiary/aromatic N) is 3. The van der Waals surface area contributed by atoms with E-state index in [1.165, 1.54) is 0 Å². The maximum Gasteiger partial charge on any atom is 0.227 e. The summed E-state index contributed by atoms with van der Waals surface area (Å²) in [6.07, 6.45) is 5.79. The minimum absolute atomic E-state index is 0.157. The predicted octanol–water partition coefficient (Wildman–Crippen LogP) is 1.99. The summed E-state index contributed by atoms with van der Waals surface area (Å²) < 4.78 is 5.22. The van der Waals surface area contributed by atoms with Crippen molar-refractivity contribution in [3.63, 3.8) is 0 Å². The van der Waals surface area contributed by atoms with E-state index in [4.69, 9.17) is 10.3 Å². The van der Waals surface area contributed by atoms with Crippen molar-refractivity contribution in [1.29, 1.82) is 0 Å². The van der Waals surface area contributed by atoms with E-state index in [-0.39, 0.29) is 5.91 Å².